The molecular weight excluding hydrogens is 213 g/mol. The molecule has 0 radical (unpaired) electrons. The van der Waals surface area contributed by atoms with Crippen molar-refractivity contribution < 1.29 is 9.31 Å². The maximum atomic E-state index is 13.3. The minimum absolute atomic E-state index is 0.139. The zero-order chi connectivity index (χ0) is 12.3. The molecule has 1 rings (SSSR count). The molecule has 0 bridgehead atoms. The highest BCUT2D eigenvalue weighted by atomic mass is 19.1. The number of nitro benzene ring substituents is 1. The van der Waals surface area contributed by atoms with Gasteiger partial charge in [-0.25, -0.2) is 0 Å². The summed E-state index contributed by atoms with van der Waals surface area (Å²) in [6.45, 7) is 3.84. The molecule has 0 saturated carbocycles. The SMILES string of the molecule is CC(C)(CN)Nc1cccc(F)c1[N+](=O)[O-]. The summed E-state index contributed by atoms with van der Waals surface area (Å²) in [4.78, 5) is 9.97. The highest BCUT2D eigenvalue weighted by molar-refractivity contribution is 5.63. The lowest BCUT2D eigenvalue weighted by molar-refractivity contribution is -0.386. The minimum atomic E-state index is -0.858. The van der Waals surface area contributed by atoms with Gasteiger partial charge in [0.1, 0.15) is 5.69 Å². The molecule has 6 heteroatoms. The van der Waals surface area contributed by atoms with Gasteiger partial charge in [0.2, 0.25) is 5.82 Å². The van der Waals surface area contributed by atoms with Crippen molar-refractivity contribution in [2.24, 2.45) is 5.73 Å². The summed E-state index contributed by atoms with van der Waals surface area (Å²) in [6.07, 6.45) is 0. The van der Waals surface area contributed by atoms with Crippen LogP contribution in [0.2, 0.25) is 0 Å². The lowest BCUT2D eigenvalue weighted by Gasteiger charge is -2.25. The van der Waals surface area contributed by atoms with Crippen LogP contribution in [0.3, 0.4) is 0 Å². The highest BCUT2D eigenvalue weighted by Crippen LogP contribution is 2.29. The quantitative estimate of drug-likeness (QED) is 0.607. The topological polar surface area (TPSA) is 81.2 Å². The van der Waals surface area contributed by atoms with E-state index in [1.165, 1.54) is 12.1 Å². The zero-order valence-corrected chi connectivity index (χ0v) is 9.16. The summed E-state index contributed by atoms with van der Waals surface area (Å²) in [5, 5.41) is 13.6. The number of hydrogen-bond donors (Lipinski definition) is 2. The summed E-state index contributed by atoms with van der Waals surface area (Å²) in [6, 6.07) is 3.93. The highest BCUT2D eigenvalue weighted by Gasteiger charge is 2.24. The van der Waals surface area contributed by atoms with Crippen molar-refractivity contribution in [1.29, 1.82) is 0 Å². The molecule has 0 saturated heterocycles. The van der Waals surface area contributed by atoms with E-state index in [9.17, 15) is 14.5 Å². The largest absolute Gasteiger partial charge is 0.373 e. The number of nitrogens with zero attached hydrogens (tertiary/aromatic N) is 1. The molecule has 0 amide bonds. The van der Waals surface area contributed by atoms with Crippen LogP contribution < -0.4 is 11.1 Å². The van der Waals surface area contributed by atoms with Crippen molar-refractivity contribution in [3.63, 3.8) is 0 Å². The second kappa shape index (κ2) is 4.44. The van der Waals surface area contributed by atoms with E-state index in [2.05, 4.69) is 5.32 Å². The fourth-order valence-electron chi connectivity index (χ4n) is 1.22. The van der Waals surface area contributed by atoms with E-state index >= 15 is 0 Å². The van der Waals surface area contributed by atoms with Gasteiger partial charge >= 0.3 is 5.69 Å². The molecule has 88 valence electrons. The van der Waals surface area contributed by atoms with Gasteiger partial charge in [0.15, 0.2) is 0 Å². The van der Waals surface area contributed by atoms with Gasteiger partial charge in [0.25, 0.3) is 0 Å². The van der Waals surface area contributed by atoms with Crippen molar-refractivity contribution in [2.45, 2.75) is 19.4 Å². The molecule has 5 nitrogen and oxygen atoms in total. The van der Waals surface area contributed by atoms with Gasteiger partial charge in [-0.2, -0.15) is 4.39 Å². The molecule has 1 aromatic carbocycles. The average molecular weight is 227 g/mol. The fraction of sp³-hybridized carbons (Fsp3) is 0.400. The van der Waals surface area contributed by atoms with Crippen LogP contribution in [0, 0.1) is 15.9 Å². The van der Waals surface area contributed by atoms with Crippen LogP contribution in [0.5, 0.6) is 0 Å². The molecule has 0 fully saturated rings. The van der Waals surface area contributed by atoms with Crippen LogP contribution in [0.1, 0.15) is 13.8 Å². The zero-order valence-electron chi connectivity index (χ0n) is 9.16. The molecule has 1 aromatic rings. The standard InChI is InChI=1S/C10H14FN3O2/c1-10(2,6-12)13-8-5-3-4-7(11)9(8)14(15)16/h3-5,13H,6,12H2,1-2H3. The number of rotatable bonds is 4. The van der Waals surface area contributed by atoms with Crippen LogP contribution in [-0.2, 0) is 0 Å². The second-order valence-electron chi connectivity index (χ2n) is 4.11. The predicted octanol–water partition coefficient (Wildman–Crippen LogP) is 1.88. The van der Waals surface area contributed by atoms with Crippen LogP contribution in [0.15, 0.2) is 18.2 Å². The third-order valence-electron chi connectivity index (χ3n) is 2.15. The molecule has 0 aliphatic carbocycles. The monoisotopic (exact) mass is 227 g/mol. The summed E-state index contributed by atoms with van der Waals surface area (Å²) in [7, 11) is 0. The van der Waals surface area contributed by atoms with Gasteiger partial charge < -0.3 is 11.1 Å². The first-order chi connectivity index (χ1) is 7.37. The Morgan fingerprint density at radius 1 is 1.56 bits per heavy atom. The van der Waals surface area contributed by atoms with Crippen molar-refractivity contribution in [3.8, 4) is 0 Å². The Morgan fingerprint density at radius 3 is 2.69 bits per heavy atom. The van der Waals surface area contributed by atoms with Crippen LogP contribution in [-0.4, -0.2) is 17.0 Å². The van der Waals surface area contributed by atoms with Gasteiger partial charge in [-0.3, -0.25) is 10.1 Å². The van der Waals surface area contributed by atoms with E-state index in [-0.39, 0.29) is 12.2 Å². The number of nitrogens with one attached hydrogen (secondary N) is 1. The van der Waals surface area contributed by atoms with E-state index in [4.69, 9.17) is 5.73 Å². The third-order valence-corrected chi connectivity index (χ3v) is 2.15. The van der Waals surface area contributed by atoms with Crippen molar-refractivity contribution >= 4 is 11.4 Å². The van der Waals surface area contributed by atoms with E-state index in [1.54, 1.807) is 13.8 Å². The maximum absolute atomic E-state index is 13.3. The Hall–Kier alpha value is -1.69. The molecule has 0 aromatic heterocycles. The fourth-order valence-corrected chi connectivity index (χ4v) is 1.22. The van der Waals surface area contributed by atoms with Gasteiger partial charge in [-0.1, -0.05) is 6.07 Å². The third kappa shape index (κ3) is 2.66. The summed E-state index contributed by atoms with van der Waals surface area (Å²) < 4.78 is 13.3. The number of hydrogen-bond acceptors (Lipinski definition) is 4. The van der Waals surface area contributed by atoms with E-state index in [0.717, 1.165) is 6.07 Å². The summed E-state index contributed by atoms with van der Waals surface area (Å²) >= 11 is 0. The van der Waals surface area contributed by atoms with E-state index in [1.807, 2.05) is 0 Å². The Bertz CT molecular complexity index is 407. The first-order valence-electron chi connectivity index (χ1n) is 4.78. The van der Waals surface area contributed by atoms with Crippen LogP contribution in [0.25, 0.3) is 0 Å². The Balaban J connectivity index is 3.14. The lowest BCUT2D eigenvalue weighted by atomic mass is 10.1. The van der Waals surface area contributed by atoms with Gasteiger partial charge in [-0.05, 0) is 26.0 Å². The van der Waals surface area contributed by atoms with Gasteiger partial charge in [0, 0.05) is 12.1 Å². The molecule has 3 N–H and O–H groups in total. The Kier molecular flexibility index (Phi) is 3.44. The lowest BCUT2D eigenvalue weighted by Crippen LogP contribution is -2.39. The second-order valence-corrected chi connectivity index (χ2v) is 4.11. The number of benzene rings is 1. The van der Waals surface area contributed by atoms with Crippen LogP contribution in [0.4, 0.5) is 15.8 Å². The van der Waals surface area contributed by atoms with E-state index in [0.29, 0.717) is 0 Å². The molecule has 0 spiro atoms. The normalized spacial score (nSPS) is 11.2. The molecule has 0 atom stereocenters. The molecule has 0 aliphatic rings. The van der Waals surface area contributed by atoms with Crippen molar-refractivity contribution in [1.82, 2.24) is 0 Å². The van der Waals surface area contributed by atoms with Gasteiger partial charge in [-0.15, -0.1) is 0 Å². The minimum Gasteiger partial charge on any atom is -0.373 e. The Morgan fingerprint density at radius 2 is 2.19 bits per heavy atom. The maximum Gasteiger partial charge on any atom is 0.327 e. The van der Waals surface area contributed by atoms with Crippen LogP contribution >= 0.6 is 0 Å². The number of para-hydroxylation sites is 1. The van der Waals surface area contributed by atoms with Crippen molar-refractivity contribution in [2.75, 3.05) is 11.9 Å². The first-order valence-corrected chi connectivity index (χ1v) is 4.78. The molecule has 16 heavy (non-hydrogen) atoms. The van der Waals surface area contributed by atoms with Gasteiger partial charge in [0.05, 0.1) is 4.92 Å². The molecular formula is C10H14FN3O2. The number of nitrogens with two attached hydrogens (primary N) is 1. The molecule has 0 aliphatic heterocycles. The summed E-state index contributed by atoms with van der Waals surface area (Å²) in [5.41, 5.74) is 4.55. The number of anilines is 1. The van der Waals surface area contributed by atoms with E-state index < -0.39 is 22.0 Å². The number of nitro groups is 1. The number of halogens is 1. The molecule has 0 heterocycles. The summed E-state index contributed by atoms with van der Waals surface area (Å²) in [5.74, 6) is -0.858. The smallest absolute Gasteiger partial charge is 0.327 e. The van der Waals surface area contributed by atoms with Crippen molar-refractivity contribution in [3.05, 3.63) is 34.1 Å². The first kappa shape index (κ1) is 12.4. The average Bonchev–Trinajstić information content (AvgIpc) is 2.16. The molecule has 0 unspecified atom stereocenters. The predicted molar refractivity (Wildman–Crippen MR) is 59.8 cm³/mol. The Labute approximate surface area is 92.6 Å².